The largest absolute Gasteiger partial charge is 0.354 e. The molecule has 1 aliphatic heterocycles. The minimum atomic E-state index is -0.290. The van der Waals surface area contributed by atoms with Gasteiger partial charge in [-0.1, -0.05) is 39.0 Å². The summed E-state index contributed by atoms with van der Waals surface area (Å²) >= 11 is 0. The summed E-state index contributed by atoms with van der Waals surface area (Å²) < 4.78 is 16.0. The fourth-order valence-electron chi connectivity index (χ4n) is 4.90. The van der Waals surface area contributed by atoms with Gasteiger partial charge >= 0.3 is 0 Å². The molecule has 0 bridgehead atoms. The highest BCUT2D eigenvalue weighted by Gasteiger charge is 2.27. The summed E-state index contributed by atoms with van der Waals surface area (Å²) in [6.45, 7) is 14.2. The highest BCUT2D eigenvalue weighted by Crippen LogP contribution is 2.30. The van der Waals surface area contributed by atoms with Gasteiger partial charge in [0, 0.05) is 43.9 Å². The molecule has 3 aromatic rings. The second kappa shape index (κ2) is 11.7. The van der Waals surface area contributed by atoms with E-state index in [4.69, 9.17) is 5.10 Å². The van der Waals surface area contributed by atoms with Gasteiger partial charge in [0.15, 0.2) is 0 Å². The number of hydrogen-bond donors (Lipinski definition) is 0. The minimum absolute atomic E-state index is 0.0270. The fraction of sp³-hybridized carbons (Fsp3) is 0.448. The monoisotopic (exact) mass is 491 g/mol. The quantitative estimate of drug-likeness (QED) is 0.419. The van der Waals surface area contributed by atoms with E-state index in [-0.39, 0.29) is 11.7 Å². The van der Waals surface area contributed by atoms with Crippen molar-refractivity contribution in [2.75, 3.05) is 44.2 Å². The molecule has 6 nitrogen and oxygen atoms in total. The summed E-state index contributed by atoms with van der Waals surface area (Å²) in [5.74, 6) is 0.700. The van der Waals surface area contributed by atoms with Crippen LogP contribution in [-0.4, -0.2) is 64.8 Å². The van der Waals surface area contributed by atoms with Crippen LogP contribution in [0.4, 0.5) is 10.2 Å². The fourth-order valence-corrected chi connectivity index (χ4v) is 4.90. The molecule has 7 heteroatoms. The summed E-state index contributed by atoms with van der Waals surface area (Å²) in [6.07, 6.45) is 1.81. The maximum Gasteiger partial charge on any atom is 0.254 e. The molecule has 1 saturated heterocycles. The molecule has 2 heterocycles. The van der Waals surface area contributed by atoms with Crippen molar-refractivity contribution in [2.24, 2.45) is 0 Å². The number of benzene rings is 2. The third kappa shape index (κ3) is 5.62. The van der Waals surface area contributed by atoms with E-state index in [0.29, 0.717) is 24.3 Å². The SMILES string of the molecule is CCCN(Cc1c(C)nn(-c2cccc(F)c2)c1N1CCN(CC)CC1)C(=O)c1ccc(CC)cc1. The summed E-state index contributed by atoms with van der Waals surface area (Å²) in [5, 5.41) is 4.86. The molecule has 36 heavy (non-hydrogen) atoms. The number of carbonyl (C=O) groups excluding carboxylic acids is 1. The number of anilines is 1. The number of rotatable bonds is 9. The molecule has 1 amide bonds. The Hall–Kier alpha value is -3.19. The van der Waals surface area contributed by atoms with Gasteiger partial charge in [-0.2, -0.15) is 5.10 Å². The second-order valence-corrected chi connectivity index (χ2v) is 9.48. The van der Waals surface area contributed by atoms with Crippen molar-refractivity contribution in [1.82, 2.24) is 19.6 Å². The van der Waals surface area contributed by atoms with Crippen LogP contribution in [0.5, 0.6) is 0 Å². The first-order chi connectivity index (χ1) is 17.4. The number of piperazine rings is 1. The van der Waals surface area contributed by atoms with Gasteiger partial charge < -0.3 is 14.7 Å². The average molecular weight is 492 g/mol. The Labute approximate surface area is 214 Å². The van der Waals surface area contributed by atoms with E-state index in [1.165, 1.54) is 17.7 Å². The van der Waals surface area contributed by atoms with Gasteiger partial charge in [0.2, 0.25) is 0 Å². The Kier molecular flexibility index (Phi) is 8.41. The number of hydrogen-bond acceptors (Lipinski definition) is 4. The Bertz CT molecular complexity index is 1160. The summed E-state index contributed by atoms with van der Waals surface area (Å²) in [6, 6.07) is 14.5. The lowest BCUT2D eigenvalue weighted by atomic mass is 10.1. The molecule has 0 spiro atoms. The van der Waals surface area contributed by atoms with E-state index in [9.17, 15) is 9.18 Å². The van der Waals surface area contributed by atoms with Gasteiger partial charge in [-0.15, -0.1) is 0 Å². The van der Waals surface area contributed by atoms with Crippen molar-refractivity contribution in [3.05, 3.63) is 76.7 Å². The Balaban J connectivity index is 1.72. The van der Waals surface area contributed by atoms with Gasteiger partial charge in [0.05, 0.1) is 17.9 Å². The third-order valence-electron chi connectivity index (χ3n) is 7.07. The smallest absolute Gasteiger partial charge is 0.254 e. The molecule has 0 aliphatic carbocycles. The van der Waals surface area contributed by atoms with E-state index in [1.54, 1.807) is 6.07 Å². The van der Waals surface area contributed by atoms with Crippen molar-refractivity contribution >= 4 is 11.7 Å². The summed E-state index contributed by atoms with van der Waals surface area (Å²) in [5.41, 5.74) is 4.50. The normalized spacial score (nSPS) is 14.3. The molecule has 2 aromatic carbocycles. The molecule has 4 rings (SSSR count). The number of aromatic nitrogens is 2. The Morgan fingerprint density at radius 1 is 1.03 bits per heavy atom. The van der Waals surface area contributed by atoms with E-state index in [2.05, 4.69) is 30.6 Å². The third-order valence-corrected chi connectivity index (χ3v) is 7.07. The molecule has 0 unspecified atom stereocenters. The maximum atomic E-state index is 14.2. The van der Waals surface area contributed by atoms with Crippen molar-refractivity contribution in [2.45, 2.75) is 47.1 Å². The second-order valence-electron chi connectivity index (χ2n) is 9.48. The first-order valence-electron chi connectivity index (χ1n) is 13.1. The van der Waals surface area contributed by atoms with Gasteiger partial charge in [-0.05, 0) is 62.2 Å². The van der Waals surface area contributed by atoms with Crippen molar-refractivity contribution in [1.29, 1.82) is 0 Å². The molecule has 1 fully saturated rings. The van der Waals surface area contributed by atoms with Crippen molar-refractivity contribution in [3.8, 4) is 5.69 Å². The van der Waals surface area contributed by atoms with Gasteiger partial charge in [-0.3, -0.25) is 4.79 Å². The number of carbonyl (C=O) groups is 1. The highest BCUT2D eigenvalue weighted by atomic mass is 19.1. The number of amides is 1. The van der Waals surface area contributed by atoms with Gasteiger partial charge in [-0.25, -0.2) is 9.07 Å². The number of aryl methyl sites for hydroxylation is 2. The highest BCUT2D eigenvalue weighted by molar-refractivity contribution is 5.94. The number of likely N-dealkylation sites (N-methyl/N-ethyl adjacent to an activating group) is 1. The minimum Gasteiger partial charge on any atom is -0.354 e. The topological polar surface area (TPSA) is 44.6 Å². The molecule has 0 atom stereocenters. The first kappa shape index (κ1) is 25.9. The first-order valence-corrected chi connectivity index (χ1v) is 13.1. The van der Waals surface area contributed by atoms with Crippen molar-refractivity contribution < 1.29 is 9.18 Å². The molecule has 0 N–H and O–H groups in total. The van der Waals surface area contributed by atoms with E-state index < -0.39 is 0 Å². The lowest BCUT2D eigenvalue weighted by Gasteiger charge is -2.36. The molecule has 0 saturated carbocycles. The van der Waals surface area contributed by atoms with Crippen LogP contribution >= 0.6 is 0 Å². The summed E-state index contributed by atoms with van der Waals surface area (Å²) in [4.78, 5) is 20.3. The van der Waals surface area contributed by atoms with Crippen LogP contribution in [0.3, 0.4) is 0 Å². The zero-order valence-corrected chi connectivity index (χ0v) is 22.0. The van der Waals surface area contributed by atoms with E-state index in [1.807, 2.05) is 46.8 Å². The van der Waals surface area contributed by atoms with Gasteiger partial charge in [0.1, 0.15) is 11.6 Å². The predicted octanol–water partition coefficient (Wildman–Crippen LogP) is 5.08. The van der Waals surface area contributed by atoms with Crippen LogP contribution in [0.1, 0.15) is 54.4 Å². The van der Waals surface area contributed by atoms with E-state index >= 15 is 0 Å². The Morgan fingerprint density at radius 2 is 1.75 bits per heavy atom. The Morgan fingerprint density at radius 3 is 2.36 bits per heavy atom. The molecule has 1 aromatic heterocycles. The zero-order chi connectivity index (χ0) is 25.7. The molecular formula is C29H38FN5O. The van der Waals surface area contributed by atoms with Crippen LogP contribution in [0.25, 0.3) is 5.69 Å². The molecule has 192 valence electrons. The predicted molar refractivity (Wildman–Crippen MR) is 143 cm³/mol. The van der Waals surface area contributed by atoms with Crippen LogP contribution in [-0.2, 0) is 13.0 Å². The summed E-state index contributed by atoms with van der Waals surface area (Å²) in [7, 11) is 0. The van der Waals surface area contributed by atoms with Crippen LogP contribution in [0.2, 0.25) is 0 Å². The van der Waals surface area contributed by atoms with Gasteiger partial charge in [0.25, 0.3) is 5.91 Å². The average Bonchev–Trinajstić information content (AvgIpc) is 3.23. The zero-order valence-electron chi connectivity index (χ0n) is 22.0. The number of halogens is 1. The van der Waals surface area contributed by atoms with Crippen LogP contribution < -0.4 is 4.90 Å². The lowest BCUT2D eigenvalue weighted by molar-refractivity contribution is 0.0743. The maximum absolute atomic E-state index is 14.2. The molecule has 0 radical (unpaired) electrons. The van der Waals surface area contributed by atoms with Crippen LogP contribution in [0.15, 0.2) is 48.5 Å². The lowest BCUT2D eigenvalue weighted by Crippen LogP contribution is -2.47. The molecular weight excluding hydrogens is 453 g/mol. The van der Waals surface area contributed by atoms with E-state index in [0.717, 1.165) is 62.6 Å². The van der Waals surface area contributed by atoms with Crippen molar-refractivity contribution in [3.63, 3.8) is 0 Å². The number of nitrogens with zero attached hydrogens (tertiary/aromatic N) is 5. The standard InChI is InChI=1S/C29H38FN5O/c1-5-15-34(29(36)24-13-11-23(6-2)12-14-24)21-27-22(4)31-35(26-10-8-9-25(30)20-26)28(27)33-18-16-32(7-3)17-19-33/h8-14,20H,5-7,15-19,21H2,1-4H3. The molecule has 1 aliphatic rings. The van der Waals surface area contributed by atoms with Crippen LogP contribution in [0, 0.1) is 12.7 Å².